The first-order chi connectivity index (χ1) is 12.4. The molecule has 1 fully saturated rings. The SMILES string of the molecule is CCN(C(=O)CN1C(=O)C(C)N(c2ccc(C)cc2)C1=O)C1=CCCC1. The second-order valence-corrected chi connectivity index (χ2v) is 6.81. The van der Waals surface area contributed by atoms with Gasteiger partial charge in [-0.3, -0.25) is 19.4 Å². The predicted octanol–water partition coefficient (Wildman–Crippen LogP) is 3.07. The Morgan fingerprint density at radius 3 is 2.50 bits per heavy atom. The zero-order chi connectivity index (χ0) is 18.8. The molecule has 1 aliphatic carbocycles. The first kappa shape index (κ1) is 18.2. The predicted molar refractivity (Wildman–Crippen MR) is 99.6 cm³/mol. The lowest BCUT2D eigenvalue weighted by molar-refractivity contribution is -0.135. The van der Waals surface area contributed by atoms with Crippen molar-refractivity contribution in [1.29, 1.82) is 0 Å². The van der Waals surface area contributed by atoms with Gasteiger partial charge in [0.2, 0.25) is 5.91 Å². The van der Waals surface area contributed by atoms with Crippen LogP contribution in [0.4, 0.5) is 10.5 Å². The van der Waals surface area contributed by atoms with Crippen molar-refractivity contribution in [3.8, 4) is 0 Å². The molecule has 2 aliphatic rings. The smallest absolute Gasteiger partial charge is 0.315 e. The molecule has 6 nitrogen and oxygen atoms in total. The molecule has 0 saturated carbocycles. The number of anilines is 1. The summed E-state index contributed by atoms with van der Waals surface area (Å²) in [6, 6.07) is 6.40. The summed E-state index contributed by atoms with van der Waals surface area (Å²) in [6.45, 7) is 5.90. The number of imide groups is 1. The molecule has 1 aromatic carbocycles. The number of carbonyl (C=O) groups excluding carboxylic acids is 3. The van der Waals surface area contributed by atoms with Crippen molar-refractivity contribution in [3.63, 3.8) is 0 Å². The van der Waals surface area contributed by atoms with Crippen molar-refractivity contribution in [3.05, 3.63) is 41.6 Å². The number of likely N-dealkylation sites (N-methyl/N-ethyl adjacent to an activating group) is 1. The number of hydrogen-bond acceptors (Lipinski definition) is 3. The molecule has 3 rings (SSSR count). The van der Waals surface area contributed by atoms with E-state index in [1.165, 1.54) is 4.90 Å². The number of amides is 4. The van der Waals surface area contributed by atoms with E-state index in [9.17, 15) is 14.4 Å². The average molecular weight is 355 g/mol. The van der Waals surface area contributed by atoms with Crippen molar-refractivity contribution in [2.75, 3.05) is 18.0 Å². The van der Waals surface area contributed by atoms with E-state index in [-0.39, 0.29) is 18.4 Å². The fourth-order valence-electron chi connectivity index (χ4n) is 3.57. The van der Waals surface area contributed by atoms with E-state index < -0.39 is 12.1 Å². The van der Waals surface area contributed by atoms with E-state index in [1.807, 2.05) is 38.1 Å². The lowest BCUT2D eigenvalue weighted by Gasteiger charge is -2.24. The van der Waals surface area contributed by atoms with E-state index in [2.05, 4.69) is 6.08 Å². The van der Waals surface area contributed by atoms with Gasteiger partial charge in [0.05, 0.1) is 0 Å². The molecule has 1 unspecified atom stereocenters. The minimum atomic E-state index is -0.612. The van der Waals surface area contributed by atoms with Crippen LogP contribution in [0.2, 0.25) is 0 Å². The average Bonchev–Trinajstić information content (AvgIpc) is 3.21. The summed E-state index contributed by atoms with van der Waals surface area (Å²) in [5.41, 5.74) is 2.75. The summed E-state index contributed by atoms with van der Waals surface area (Å²) in [6.07, 6.45) is 4.95. The maximum absolute atomic E-state index is 12.8. The number of allylic oxidation sites excluding steroid dienone is 2. The molecule has 1 aromatic rings. The van der Waals surface area contributed by atoms with Crippen LogP contribution < -0.4 is 4.90 Å². The van der Waals surface area contributed by atoms with Crippen LogP contribution in [0.3, 0.4) is 0 Å². The van der Waals surface area contributed by atoms with Gasteiger partial charge in [-0.1, -0.05) is 23.8 Å². The van der Waals surface area contributed by atoms with Crippen molar-refractivity contribution in [1.82, 2.24) is 9.80 Å². The summed E-state index contributed by atoms with van der Waals surface area (Å²) >= 11 is 0. The second kappa shape index (κ2) is 7.32. The highest BCUT2D eigenvalue weighted by atomic mass is 16.2. The van der Waals surface area contributed by atoms with Crippen molar-refractivity contribution in [2.45, 2.75) is 46.1 Å². The van der Waals surface area contributed by atoms with Crippen molar-refractivity contribution < 1.29 is 14.4 Å². The first-order valence-electron chi connectivity index (χ1n) is 9.14. The van der Waals surface area contributed by atoms with Gasteiger partial charge in [-0.25, -0.2) is 4.79 Å². The second-order valence-electron chi connectivity index (χ2n) is 6.81. The molecule has 0 spiro atoms. The Morgan fingerprint density at radius 1 is 1.23 bits per heavy atom. The topological polar surface area (TPSA) is 60.9 Å². The van der Waals surface area contributed by atoms with Gasteiger partial charge in [-0.15, -0.1) is 0 Å². The zero-order valence-corrected chi connectivity index (χ0v) is 15.6. The fraction of sp³-hybridized carbons (Fsp3) is 0.450. The fourth-order valence-corrected chi connectivity index (χ4v) is 3.57. The van der Waals surface area contributed by atoms with E-state index >= 15 is 0 Å². The number of nitrogens with zero attached hydrogens (tertiary/aromatic N) is 3. The third-order valence-electron chi connectivity index (χ3n) is 5.03. The third kappa shape index (κ3) is 3.23. The van der Waals surface area contributed by atoms with E-state index in [1.54, 1.807) is 11.8 Å². The minimum absolute atomic E-state index is 0.208. The molecule has 1 saturated heterocycles. The molecule has 138 valence electrons. The molecule has 1 heterocycles. The first-order valence-corrected chi connectivity index (χ1v) is 9.14. The number of benzene rings is 1. The van der Waals surface area contributed by atoms with Gasteiger partial charge in [-0.2, -0.15) is 0 Å². The van der Waals surface area contributed by atoms with Gasteiger partial charge in [0.1, 0.15) is 12.6 Å². The zero-order valence-electron chi connectivity index (χ0n) is 15.6. The summed E-state index contributed by atoms with van der Waals surface area (Å²) < 4.78 is 0. The molecule has 26 heavy (non-hydrogen) atoms. The summed E-state index contributed by atoms with van der Waals surface area (Å²) in [4.78, 5) is 42.4. The number of carbonyl (C=O) groups is 3. The van der Waals surface area contributed by atoms with Crippen molar-refractivity contribution >= 4 is 23.5 Å². The quantitative estimate of drug-likeness (QED) is 0.763. The molecule has 4 amide bonds. The van der Waals surface area contributed by atoms with Crippen molar-refractivity contribution in [2.24, 2.45) is 0 Å². The van der Waals surface area contributed by atoms with Crippen LogP contribution in [0.1, 0.15) is 38.7 Å². The monoisotopic (exact) mass is 355 g/mol. The highest BCUT2D eigenvalue weighted by Crippen LogP contribution is 2.27. The Labute approximate surface area is 154 Å². The van der Waals surface area contributed by atoms with Gasteiger partial charge in [0.25, 0.3) is 5.91 Å². The van der Waals surface area contributed by atoms with Crippen LogP contribution in [0.5, 0.6) is 0 Å². The molecule has 0 bridgehead atoms. The van der Waals surface area contributed by atoms with E-state index in [0.717, 1.165) is 35.4 Å². The molecule has 0 N–H and O–H groups in total. The van der Waals surface area contributed by atoms with Gasteiger partial charge in [0, 0.05) is 17.9 Å². The molecular formula is C20H25N3O3. The molecular weight excluding hydrogens is 330 g/mol. The molecule has 6 heteroatoms. The Bertz CT molecular complexity index is 754. The lowest BCUT2D eigenvalue weighted by atomic mass is 10.2. The van der Waals surface area contributed by atoms with Crippen LogP contribution in [-0.2, 0) is 9.59 Å². The van der Waals surface area contributed by atoms with Gasteiger partial charge >= 0.3 is 6.03 Å². The third-order valence-corrected chi connectivity index (χ3v) is 5.03. The number of hydrogen-bond donors (Lipinski definition) is 0. The van der Waals surface area contributed by atoms with Crippen LogP contribution in [0.15, 0.2) is 36.0 Å². The van der Waals surface area contributed by atoms with Crippen LogP contribution in [0, 0.1) is 6.92 Å². The van der Waals surface area contributed by atoms with Gasteiger partial charge in [0.15, 0.2) is 0 Å². The maximum atomic E-state index is 12.8. The van der Waals surface area contributed by atoms with E-state index in [0.29, 0.717) is 12.2 Å². The van der Waals surface area contributed by atoms with E-state index in [4.69, 9.17) is 0 Å². The maximum Gasteiger partial charge on any atom is 0.332 e. The Balaban J connectivity index is 1.77. The summed E-state index contributed by atoms with van der Waals surface area (Å²) in [5.74, 6) is -0.541. The van der Waals surface area contributed by atoms with Crippen LogP contribution in [-0.4, -0.2) is 46.8 Å². The highest BCUT2D eigenvalue weighted by Gasteiger charge is 2.44. The highest BCUT2D eigenvalue weighted by molar-refractivity contribution is 6.15. The van der Waals surface area contributed by atoms with Gasteiger partial charge in [-0.05, 0) is 52.2 Å². The minimum Gasteiger partial charge on any atom is -0.315 e. The standard InChI is InChI=1S/C20H25N3O3/c1-4-21(16-7-5-6-8-16)18(24)13-22-19(25)15(3)23(20(22)26)17-11-9-14(2)10-12-17/h7,9-12,15H,4-6,8,13H2,1-3H3. The summed E-state index contributed by atoms with van der Waals surface area (Å²) in [7, 11) is 0. The Morgan fingerprint density at radius 2 is 1.92 bits per heavy atom. The number of aryl methyl sites for hydroxylation is 1. The molecule has 1 aliphatic heterocycles. The summed E-state index contributed by atoms with van der Waals surface area (Å²) in [5, 5.41) is 0. The molecule has 0 radical (unpaired) electrons. The Hall–Kier alpha value is -2.63. The van der Waals surface area contributed by atoms with Gasteiger partial charge < -0.3 is 4.90 Å². The van der Waals surface area contributed by atoms with Crippen LogP contribution in [0.25, 0.3) is 0 Å². The Kier molecular flexibility index (Phi) is 5.11. The lowest BCUT2D eigenvalue weighted by Crippen LogP contribution is -2.43. The largest absolute Gasteiger partial charge is 0.332 e. The number of urea groups is 1. The number of rotatable bonds is 5. The molecule has 1 atom stereocenters. The normalized spacial score (nSPS) is 20.0. The van der Waals surface area contributed by atoms with Crippen LogP contribution >= 0.6 is 0 Å². The molecule has 0 aromatic heterocycles.